The summed E-state index contributed by atoms with van der Waals surface area (Å²) in [4.78, 5) is 23.8. The first kappa shape index (κ1) is 25.7. The lowest BCUT2D eigenvalue weighted by molar-refractivity contribution is -0.161. The van der Waals surface area contributed by atoms with Crippen LogP contribution in [-0.2, 0) is 19.1 Å². The summed E-state index contributed by atoms with van der Waals surface area (Å²) in [5, 5.41) is 0. The van der Waals surface area contributed by atoms with Gasteiger partial charge in [-0.05, 0) is 52.9 Å². The van der Waals surface area contributed by atoms with Crippen LogP contribution >= 0.6 is 0 Å². The van der Waals surface area contributed by atoms with Crippen LogP contribution < -0.4 is 0 Å². The van der Waals surface area contributed by atoms with Crippen molar-refractivity contribution in [1.29, 1.82) is 0 Å². The molecule has 0 amide bonds. The van der Waals surface area contributed by atoms with Gasteiger partial charge in [-0.25, -0.2) is 0 Å². The van der Waals surface area contributed by atoms with Crippen LogP contribution in [0.5, 0.6) is 0 Å². The first-order chi connectivity index (χ1) is 12.9. The molecule has 4 heteroatoms. The fourth-order valence-corrected chi connectivity index (χ4v) is 3.17. The van der Waals surface area contributed by atoms with Gasteiger partial charge in [0.1, 0.15) is 0 Å². The third-order valence-electron chi connectivity index (χ3n) is 4.79. The van der Waals surface area contributed by atoms with E-state index in [1.165, 1.54) is 44.1 Å². The predicted molar refractivity (Wildman–Crippen MR) is 112 cm³/mol. The number of hydrogen-bond acceptors (Lipinski definition) is 4. The third-order valence-corrected chi connectivity index (χ3v) is 4.79. The minimum Gasteiger partial charge on any atom is -0.465 e. The van der Waals surface area contributed by atoms with Crippen molar-refractivity contribution in [3.05, 3.63) is 11.6 Å². The molecular formula is C23H42O4. The molecule has 0 fully saturated rings. The normalized spacial score (nSPS) is 11.9. The Morgan fingerprint density at radius 2 is 1.26 bits per heavy atom. The largest absolute Gasteiger partial charge is 0.465 e. The predicted octanol–water partition coefficient (Wildman–Crippen LogP) is 6.23. The SMILES string of the molecule is CCOC(=O)C(CCCCCCCC[C@H](C)CCC=C(C)C)C(=O)OCC. The number of carbonyl (C=O) groups excluding carboxylic acids is 2. The van der Waals surface area contributed by atoms with Crippen molar-refractivity contribution in [2.75, 3.05) is 13.2 Å². The van der Waals surface area contributed by atoms with Gasteiger partial charge in [0.2, 0.25) is 0 Å². The van der Waals surface area contributed by atoms with Gasteiger partial charge in [0.25, 0.3) is 0 Å². The zero-order chi connectivity index (χ0) is 20.5. The van der Waals surface area contributed by atoms with Crippen molar-refractivity contribution in [1.82, 2.24) is 0 Å². The molecule has 27 heavy (non-hydrogen) atoms. The van der Waals surface area contributed by atoms with Gasteiger partial charge in [0.15, 0.2) is 5.92 Å². The molecule has 0 aliphatic rings. The van der Waals surface area contributed by atoms with E-state index in [1.807, 2.05) is 0 Å². The van der Waals surface area contributed by atoms with E-state index < -0.39 is 17.9 Å². The summed E-state index contributed by atoms with van der Waals surface area (Å²) < 4.78 is 10.0. The second-order valence-electron chi connectivity index (χ2n) is 7.72. The van der Waals surface area contributed by atoms with Gasteiger partial charge < -0.3 is 9.47 Å². The molecule has 0 spiro atoms. The van der Waals surface area contributed by atoms with Crippen LogP contribution in [0.1, 0.15) is 98.8 Å². The molecule has 158 valence electrons. The molecule has 0 radical (unpaired) electrons. The number of hydrogen-bond donors (Lipinski definition) is 0. The van der Waals surface area contributed by atoms with E-state index in [1.54, 1.807) is 13.8 Å². The summed E-state index contributed by atoms with van der Waals surface area (Å²) in [7, 11) is 0. The fraction of sp³-hybridized carbons (Fsp3) is 0.826. The number of ether oxygens (including phenoxy) is 2. The molecule has 0 saturated heterocycles. The quantitative estimate of drug-likeness (QED) is 0.137. The maximum absolute atomic E-state index is 11.9. The maximum Gasteiger partial charge on any atom is 0.320 e. The average Bonchev–Trinajstić information content (AvgIpc) is 2.60. The molecule has 0 aliphatic heterocycles. The van der Waals surface area contributed by atoms with Crippen molar-refractivity contribution >= 4 is 11.9 Å². The Kier molecular flexibility index (Phi) is 16.0. The monoisotopic (exact) mass is 382 g/mol. The Morgan fingerprint density at radius 1 is 0.778 bits per heavy atom. The van der Waals surface area contributed by atoms with Crippen molar-refractivity contribution < 1.29 is 19.1 Å². The van der Waals surface area contributed by atoms with Crippen LogP contribution in [0, 0.1) is 11.8 Å². The van der Waals surface area contributed by atoms with Crippen LogP contribution in [-0.4, -0.2) is 25.2 Å². The van der Waals surface area contributed by atoms with E-state index in [2.05, 4.69) is 26.8 Å². The molecule has 0 heterocycles. The minimum absolute atomic E-state index is 0.293. The Bertz CT molecular complexity index is 406. The smallest absolute Gasteiger partial charge is 0.320 e. The van der Waals surface area contributed by atoms with E-state index in [0.717, 1.165) is 25.2 Å². The molecule has 0 aromatic carbocycles. The van der Waals surface area contributed by atoms with Gasteiger partial charge in [-0.1, -0.05) is 63.5 Å². The van der Waals surface area contributed by atoms with Gasteiger partial charge >= 0.3 is 11.9 Å². The maximum atomic E-state index is 11.9. The van der Waals surface area contributed by atoms with Gasteiger partial charge in [0, 0.05) is 0 Å². The van der Waals surface area contributed by atoms with E-state index in [-0.39, 0.29) is 0 Å². The molecule has 0 aromatic heterocycles. The van der Waals surface area contributed by atoms with Gasteiger partial charge in [-0.2, -0.15) is 0 Å². The summed E-state index contributed by atoms with van der Waals surface area (Å²) in [6, 6.07) is 0. The highest BCUT2D eigenvalue weighted by atomic mass is 16.6. The van der Waals surface area contributed by atoms with Crippen LogP contribution in [0.15, 0.2) is 11.6 Å². The summed E-state index contributed by atoms with van der Waals surface area (Å²) in [5.41, 5.74) is 1.41. The number of allylic oxidation sites excluding steroid dienone is 2. The highest BCUT2D eigenvalue weighted by Gasteiger charge is 2.28. The van der Waals surface area contributed by atoms with E-state index in [4.69, 9.17) is 9.47 Å². The molecule has 0 saturated carbocycles. The Balaban J connectivity index is 3.82. The average molecular weight is 383 g/mol. The van der Waals surface area contributed by atoms with Crippen molar-refractivity contribution in [2.24, 2.45) is 11.8 Å². The Hall–Kier alpha value is -1.32. The molecular weight excluding hydrogens is 340 g/mol. The topological polar surface area (TPSA) is 52.6 Å². The molecule has 4 nitrogen and oxygen atoms in total. The van der Waals surface area contributed by atoms with Crippen molar-refractivity contribution in [3.63, 3.8) is 0 Å². The second kappa shape index (κ2) is 16.8. The lowest BCUT2D eigenvalue weighted by Crippen LogP contribution is -2.28. The molecule has 0 bridgehead atoms. The Morgan fingerprint density at radius 3 is 1.74 bits per heavy atom. The van der Waals surface area contributed by atoms with Crippen LogP contribution in [0.4, 0.5) is 0 Å². The summed E-state index contributed by atoms with van der Waals surface area (Å²) in [6.07, 6.45) is 13.5. The van der Waals surface area contributed by atoms with Gasteiger partial charge in [-0.15, -0.1) is 0 Å². The van der Waals surface area contributed by atoms with Crippen LogP contribution in [0.2, 0.25) is 0 Å². The summed E-state index contributed by atoms with van der Waals surface area (Å²) in [5.74, 6) is -0.849. The summed E-state index contributed by atoms with van der Waals surface area (Å²) >= 11 is 0. The number of esters is 2. The van der Waals surface area contributed by atoms with E-state index >= 15 is 0 Å². The number of rotatable bonds is 16. The van der Waals surface area contributed by atoms with Crippen molar-refractivity contribution in [2.45, 2.75) is 98.8 Å². The summed E-state index contributed by atoms with van der Waals surface area (Å²) in [6.45, 7) is 10.8. The lowest BCUT2D eigenvalue weighted by atomic mass is 9.96. The zero-order valence-electron chi connectivity index (χ0n) is 18.4. The second-order valence-corrected chi connectivity index (χ2v) is 7.72. The number of carbonyl (C=O) groups is 2. The van der Waals surface area contributed by atoms with Crippen LogP contribution in [0.25, 0.3) is 0 Å². The molecule has 0 aliphatic carbocycles. The number of unbranched alkanes of at least 4 members (excludes halogenated alkanes) is 5. The molecule has 0 rings (SSSR count). The van der Waals surface area contributed by atoms with E-state index in [0.29, 0.717) is 19.6 Å². The lowest BCUT2D eigenvalue weighted by Gasteiger charge is -2.14. The van der Waals surface area contributed by atoms with E-state index in [9.17, 15) is 9.59 Å². The minimum atomic E-state index is -0.758. The molecule has 1 atom stereocenters. The highest BCUT2D eigenvalue weighted by Crippen LogP contribution is 2.18. The highest BCUT2D eigenvalue weighted by molar-refractivity contribution is 5.94. The van der Waals surface area contributed by atoms with Gasteiger partial charge in [0.05, 0.1) is 13.2 Å². The van der Waals surface area contributed by atoms with Crippen molar-refractivity contribution in [3.8, 4) is 0 Å². The fourth-order valence-electron chi connectivity index (χ4n) is 3.17. The Labute approximate surface area is 167 Å². The molecule has 0 N–H and O–H groups in total. The standard InChI is InChI=1S/C23H42O4/c1-6-26-22(24)21(23(25)27-7-2)18-13-11-9-8-10-12-16-20(5)17-14-15-19(3)4/h15,20-21H,6-14,16-18H2,1-5H3/t20-/m0/s1. The van der Waals surface area contributed by atoms with Crippen LogP contribution in [0.3, 0.4) is 0 Å². The van der Waals surface area contributed by atoms with Gasteiger partial charge in [-0.3, -0.25) is 9.59 Å². The first-order valence-electron chi connectivity index (χ1n) is 10.9. The molecule has 0 aromatic rings. The first-order valence-corrected chi connectivity index (χ1v) is 10.9. The zero-order valence-corrected chi connectivity index (χ0v) is 18.4. The molecule has 0 unspecified atom stereocenters. The third kappa shape index (κ3) is 14.4.